The molecule has 1 aromatic heterocycles. The summed E-state index contributed by atoms with van der Waals surface area (Å²) in [6.45, 7) is 3.03. The number of aromatic nitrogens is 1. The van der Waals surface area contributed by atoms with Crippen molar-refractivity contribution in [3.63, 3.8) is 0 Å². The summed E-state index contributed by atoms with van der Waals surface area (Å²) in [7, 11) is 3.75. The minimum Gasteiger partial charge on any atom is -0.323 e. The zero-order valence-electron chi connectivity index (χ0n) is 14.8. The van der Waals surface area contributed by atoms with Gasteiger partial charge in [0.15, 0.2) is 0 Å². The molecule has 2 heterocycles. The zero-order chi connectivity index (χ0) is 18.4. The molecule has 1 amide bonds. The van der Waals surface area contributed by atoms with E-state index >= 15 is 0 Å². The van der Waals surface area contributed by atoms with Crippen molar-refractivity contribution in [2.24, 2.45) is 0 Å². The third-order valence-corrected chi connectivity index (χ3v) is 4.35. The maximum atomic E-state index is 12.4. The van der Waals surface area contributed by atoms with Gasteiger partial charge >= 0.3 is 0 Å². The Morgan fingerprint density at radius 1 is 1.16 bits per heavy atom. The average molecular weight is 362 g/mol. The molecule has 1 aromatic carbocycles. The second kappa shape index (κ2) is 8.83. The van der Waals surface area contributed by atoms with Crippen LogP contribution < -0.4 is 15.8 Å². The minimum atomic E-state index is -0.116. The largest absolute Gasteiger partial charge is 0.323 e. The lowest BCUT2D eigenvalue weighted by molar-refractivity contribution is -0.117. The van der Waals surface area contributed by atoms with Crippen LogP contribution in [0.5, 0.6) is 0 Å². The molecular weight excluding hydrogens is 338 g/mol. The molecule has 25 heavy (non-hydrogen) atoms. The maximum Gasteiger partial charge on any atom is 0.274 e. The summed E-state index contributed by atoms with van der Waals surface area (Å²) >= 11 is 5.90. The number of nitrogens with one attached hydrogen (secondary N) is 1. The van der Waals surface area contributed by atoms with Crippen LogP contribution in [0.1, 0.15) is 24.8 Å². The van der Waals surface area contributed by atoms with Crippen molar-refractivity contribution in [2.75, 3.05) is 25.5 Å². The highest BCUT2D eigenvalue weighted by Gasteiger charge is 2.32. The first-order valence-electron chi connectivity index (χ1n) is 8.35. The summed E-state index contributed by atoms with van der Waals surface area (Å²) in [5.41, 5.74) is 1.42. The Kier molecular flexibility index (Phi) is 6.79. The molecule has 1 atom stereocenters. The van der Waals surface area contributed by atoms with Crippen LogP contribution in [0.2, 0.25) is 5.02 Å². The fourth-order valence-electron chi connectivity index (χ4n) is 2.88. The number of anilines is 1. The minimum absolute atomic E-state index is 0.00842. The standard InChI is InChI=1S/C17H17ClN2O2.C2H7N/c1-2-19-9-3-4-15(17(19)22)20-11-13(10-16(20)21)12-5-7-14(18)8-6-12;1-3-2/h3-9,13H,2,10-11H2,1H3;3H,1-2H3. The van der Waals surface area contributed by atoms with E-state index in [1.54, 1.807) is 21.7 Å². The number of halogens is 1. The first-order chi connectivity index (χ1) is 12.0. The summed E-state index contributed by atoms with van der Waals surface area (Å²) in [4.78, 5) is 26.3. The van der Waals surface area contributed by atoms with Crippen LogP contribution in [0.4, 0.5) is 5.69 Å². The summed E-state index contributed by atoms with van der Waals surface area (Å²) in [5, 5.41) is 3.43. The molecular formula is C19H24ClN3O2. The number of aryl methyl sites for hydroxylation is 1. The summed E-state index contributed by atoms with van der Waals surface area (Å²) in [6, 6.07) is 11.1. The van der Waals surface area contributed by atoms with Crippen molar-refractivity contribution >= 4 is 23.2 Å². The van der Waals surface area contributed by atoms with Crippen molar-refractivity contribution in [1.29, 1.82) is 0 Å². The summed E-state index contributed by atoms with van der Waals surface area (Å²) in [6.07, 6.45) is 2.16. The lowest BCUT2D eigenvalue weighted by atomic mass is 9.98. The van der Waals surface area contributed by atoms with Gasteiger partial charge in [-0.15, -0.1) is 0 Å². The second-order valence-electron chi connectivity index (χ2n) is 5.94. The Labute approximate surface area is 153 Å². The Balaban J connectivity index is 0.000000701. The monoisotopic (exact) mass is 361 g/mol. The van der Waals surface area contributed by atoms with Gasteiger partial charge in [-0.05, 0) is 50.8 Å². The molecule has 1 N–H and O–H groups in total. The molecule has 0 aliphatic carbocycles. The first-order valence-corrected chi connectivity index (χ1v) is 8.73. The topological polar surface area (TPSA) is 54.3 Å². The Morgan fingerprint density at radius 2 is 1.80 bits per heavy atom. The zero-order valence-corrected chi connectivity index (χ0v) is 15.6. The van der Waals surface area contributed by atoms with Crippen LogP contribution in [-0.2, 0) is 11.3 Å². The van der Waals surface area contributed by atoms with Crippen LogP contribution in [0.25, 0.3) is 0 Å². The molecule has 5 nitrogen and oxygen atoms in total. The average Bonchev–Trinajstić information content (AvgIpc) is 2.98. The molecule has 0 spiro atoms. The normalized spacial score (nSPS) is 16.6. The lowest BCUT2D eigenvalue weighted by Gasteiger charge is -2.17. The molecule has 0 saturated carbocycles. The fraction of sp³-hybridized carbons (Fsp3) is 0.368. The number of carbonyl (C=O) groups is 1. The molecule has 1 fully saturated rings. The van der Waals surface area contributed by atoms with Gasteiger partial charge < -0.3 is 14.8 Å². The van der Waals surface area contributed by atoms with Gasteiger partial charge in [-0.1, -0.05) is 23.7 Å². The molecule has 1 aliphatic rings. The number of carbonyl (C=O) groups excluding carboxylic acids is 1. The van der Waals surface area contributed by atoms with E-state index in [2.05, 4.69) is 5.32 Å². The molecule has 1 aliphatic heterocycles. The molecule has 1 saturated heterocycles. The number of rotatable bonds is 3. The third-order valence-electron chi connectivity index (χ3n) is 4.10. The van der Waals surface area contributed by atoms with Crippen molar-refractivity contribution in [2.45, 2.75) is 25.8 Å². The molecule has 2 aromatic rings. The van der Waals surface area contributed by atoms with Gasteiger partial charge in [0.05, 0.1) is 0 Å². The van der Waals surface area contributed by atoms with E-state index in [4.69, 9.17) is 11.6 Å². The highest BCUT2D eigenvalue weighted by molar-refractivity contribution is 6.30. The van der Waals surface area contributed by atoms with E-state index in [-0.39, 0.29) is 17.4 Å². The molecule has 3 rings (SSSR count). The Hall–Kier alpha value is -2.11. The third kappa shape index (κ3) is 4.50. The fourth-order valence-corrected chi connectivity index (χ4v) is 3.00. The molecule has 0 bridgehead atoms. The molecule has 134 valence electrons. The molecule has 0 radical (unpaired) electrons. The number of benzene rings is 1. The highest BCUT2D eigenvalue weighted by Crippen LogP contribution is 2.31. The number of pyridine rings is 1. The quantitative estimate of drug-likeness (QED) is 0.914. The van der Waals surface area contributed by atoms with Crippen LogP contribution in [0, 0.1) is 0 Å². The maximum absolute atomic E-state index is 12.4. The predicted octanol–water partition coefficient (Wildman–Crippen LogP) is 2.88. The van der Waals surface area contributed by atoms with Gasteiger partial charge in [-0.2, -0.15) is 0 Å². The van der Waals surface area contributed by atoms with E-state index in [1.807, 2.05) is 51.4 Å². The van der Waals surface area contributed by atoms with Crippen LogP contribution >= 0.6 is 11.6 Å². The van der Waals surface area contributed by atoms with Crippen molar-refractivity contribution in [3.05, 3.63) is 63.5 Å². The Morgan fingerprint density at radius 3 is 2.40 bits per heavy atom. The number of amides is 1. The predicted molar refractivity (Wildman–Crippen MR) is 103 cm³/mol. The highest BCUT2D eigenvalue weighted by atomic mass is 35.5. The first kappa shape index (κ1) is 19.2. The molecule has 6 heteroatoms. The van der Waals surface area contributed by atoms with E-state index in [0.717, 1.165) is 5.56 Å². The van der Waals surface area contributed by atoms with Crippen LogP contribution in [0.15, 0.2) is 47.4 Å². The van der Waals surface area contributed by atoms with E-state index in [1.165, 1.54) is 0 Å². The van der Waals surface area contributed by atoms with Crippen molar-refractivity contribution < 1.29 is 4.79 Å². The van der Waals surface area contributed by atoms with E-state index in [9.17, 15) is 9.59 Å². The summed E-state index contributed by atoms with van der Waals surface area (Å²) in [5.74, 6) is 0.0883. The van der Waals surface area contributed by atoms with Crippen LogP contribution in [-0.4, -0.2) is 31.1 Å². The SMILES string of the molecule is CCn1cccc(N2CC(c3ccc(Cl)cc3)CC2=O)c1=O.CNC. The van der Waals surface area contributed by atoms with Crippen molar-refractivity contribution in [1.82, 2.24) is 9.88 Å². The van der Waals surface area contributed by atoms with Gasteiger partial charge in [0.2, 0.25) is 5.91 Å². The van der Waals surface area contributed by atoms with Gasteiger partial charge in [-0.3, -0.25) is 9.59 Å². The van der Waals surface area contributed by atoms with E-state index in [0.29, 0.717) is 30.2 Å². The molecule has 1 unspecified atom stereocenters. The number of hydrogen-bond donors (Lipinski definition) is 1. The van der Waals surface area contributed by atoms with Crippen LogP contribution in [0.3, 0.4) is 0 Å². The Bertz CT molecular complexity index is 771. The van der Waals surface area contributed by atoms with Gasteiger partial charge in [-0.25, -0.2) is 0 Å². The number of nitrogens with zero attached hydrogens (tertiary/aromatic N) is 2. The summed E-state index contributed by atoms with van der Waals surface area (Å²) < 4.78 is 1.61. The number of hydrogen-bond acceptors (Lipinski definition) is 3. The van der Waals surface area contributed by atoms with Gasteiger partial charge in [0, 0.05) is 36.6 Å². The second-order valence-corrected chi connectivity index (χ2v) is 6.38. The van der Waals surface area contributed by atoms with Gasteiger partial charge in [0.25, 0.3) is 5.56 Å². The van der Waals surface area contributed by atoms with Gasteiger partial charge in [0.1, 0.15) is 5.69 Å². The van der Waals surface area contributed by atoms with E-state index < -0.39 is 0 Å². The van der Waals surface area contributed by atoms with Crippen molar-refractivity contribution in [3.8, 4) is 0 Å². The lowest BCUT2D eigenvalue weighted by Crippen LogP contribution is -2.32. The smallest absolute Gasteiger partial charge is 0.274 e.